The summed E-state index contributed by atoms with van der Waals surface area (Å²) >= 11 is -1.83. The third-order valence-electron chi connectivity index (χ3n) is 1.52. The van der Waals surface area contributed by atoms with Crippen molar-refractivity contribution in [2.75, 3.05) is 0 Å². The van der Waals surface area contributed by atoms with Crippen LogP contribution in [0.5, 0.6) is 0 Å². The summed E-state index contributed by atoms with van der Waals surface area (Å²) in [5, 5.41) is 0. The Kier molecular flexibility index (Phi) is 3.54. The zero-order chi connectivity index (χ0) is 9.19. The molecule has 0 heterocycles. The van der Waals surface area contributed by atoms with E-state index in [0.717, 1.165) is 0 Å². The van der Waals surface area contributed by atoms with Gasteiger partial charge in [0.05, 0.1) is 0 Å². The third-order valence-corrected chi connectivity index (χ3v) is 11.1. The molecule has 0 spiro atoms. The van der Waals surface area contributed by atoms with Gasteiger partial charge in [-0.1, -0.05) is 0 Å². The van der Waals surface area contributed by atoms with Crippen LogP contribution in [0.4, 0.5) is 0 Å². The Morgan fingerprint density at radius 2 is 1.75 bits per heavy atom. The van der Waals surface area contributed by atoms with Crippen LogP contribution in [0.15, 0.2) is 24.3 Å². The van der Waals surface area contributed by atoms with Gasteiger partial charge in [0, 0.05) is 0 Å². The van der Waals surface area contributed by atoms with Gasteiger partial charge in [0.25, 0.3) is 0 Å². The van der Waals surface area contributed by atoms with Crippen molar-refractivity contribution in [2.45, 2.75) is 24.9 Å². The fourth-order valence-corrected chi connectivity index (χ4v) is 9.67. The van der Waals surface area contributed by atoms with E-state index in [1.807, 2.05) is 0 Å². The zero-order valence-electron chi connectivity index (χ0n) is 7.79. The first-order valence-corrected chi connectivity index (χ1v) is 11.8. The number of hydrogen-bond donors (Lipinski definition) is 0. The van der Waals surface area contributed by atoms with Gasteiger partial charge in [-0.25, -0.2) is 0 Å². The molecule has 1 rings (SSSR count). The molecule has 0 unspecified atom stereocenters. The second-order valence-corrected chi connectivity index (χ2v) is 12.8. The van der Waals surface area contributed by atoms with E-state index in [-0.39, 0.29) is 0 Å². The average molecular weight is 352 g/mol. The standard InChI is InChI=1S/C5H5.C5H10.ClH.Ta/c1-2-4-5-3-1;1-5(2,3)4;;/h1-5H;1H,2-4H3;1H;/q;;;+1/p-1. The van der Waals surface area contributed by atoms with Crippen molar-refractivity contribution in [1.29, 1.82) is 0 Å². The van der Waals surface area contributed by atoms with Gasteiger partial charge in [-0.3, -0.25) is 0 Å². The molecule has 0 aliphatic heterocycles. The molecule has 2 heteroatoms. The van der Waals surface area contributed by atoms with Crippen molar-refractivity contribution in [3.63, 3.8) is 0 Å². The summed E-state index contributed by atoms with van der Waals surface area (Å²) in [7, 11) is 6.42. The predicted molar refractivity (Wildman–Crippen MR) is 53.4 cm³/mol. The maximum atomic E-state index is 6.42. The quantitative estimate of drug-likeness (QED) is 0.678. The molecule has 1 aliphatic carbocycles. The van der Waals surface area contributed by atoms with Crippen molar-refractivity contribution in [3.05, 3.63) is 24.3 Å². The van der Waals surface area contributed by atoms with Crippen molar-refractivity contribution < 1.29 is 16.9 Å². The van der Waals surface area contributed by atoms with Crippen LogP contribution in [-0.2, 0) is 16.9 Å². The van der Waals surface area contributed by atoms with Crippen LogP contribution < -0.4 is 0 Å². The van der Waals surface area contributed by atoms with E-state index in [1.54, 1.807) is 0 Å². The molecule has 0 fully saturated rings. The van der Waals surface area contributed by atoms with Crippen molar-refractivity contribution in [2.24, 2.45) is 5.41 Å². The first-order valence-electron chi connectivity index (χ1n) is 4.14. The maximum absolute atomic E-state index is 6.42. The molecule has 0 radical (unpaired) electrons. The Morgan fingerprint density at radius 3 is 2.17 bits per heavy atom. The van der Waals surface area contributed by atoms with E-state index in [2.05, 4.69) is 49.3 Å². The van der Waals surface area contributed by atoms with Gasteiger partial charge >= 0.3 is 84.9 Å². The molecule has 0 aromatic rings. The van der Waals surface area contributed by atoms with Crippen LogP contribution in [0, 0.1) is 5.41 Å². The van der Waals surface area contributed by atoms with Crippen LogP contribution in [-0.4, -0.2) is 4.23 Å². The number of rotatable bonds is 1. The van der Waals surface area contributed by atoms with E-state index in [4.69, 9.17) is 9.19 Å². The first-order chi connectivity index (χ1) is 5.49. The molecule has 0 amide bonds. The molecule has 0 aromatic heterocycles. The summed E-state index contributed by atoms with van der Waals surface area (Å²) in [6, 6.07) is 0. The fourth-order valence-electron chi connectivity index (χ4n) is 1.04. The van der Waals surface area contributed by atoms with Crippen LogP contribution in [0.3, 0.4) is 0 Å². The van der Waals surface area contributed by atoms with E-state index in [0.29, 0.717) is 9.55 Å². The topological polar surface area (TPSA) is 0 Å². The first kappa shape index (κ1) is 10.5. The molecule has 0 N–H and O–H groups in total. The van der Waals surface area contributed by atoms with Gasteiger partial charge < -0.3 is 0 Å². The van der Waals surface area contributed by atoms with Crippen molar-refractivity contribution in [3.8, 4) is 0 Å². The van der Waals surface area contributed by atoms with Crippen LogP contribution in [0.1, 0.15) is 20.8 Å². The van der Waals surface area contributed by atoms with Gasteiger partial charge in [-0.05, 0) is 0 Å². The summed E-state index contributed by atoms with van der Waals surface area (Å²) in [6.07, 6.45) is 8.66. The van der Waals surface area contributed by atoms with Crippen LogP contribution in [0.25, 0.3) is 0 Å². The van der Waals surface area contributed by atoms with Crippen molar-refractivity contribution >= 4 is 13.4 Å². The molecule has 0 aromatic carbocycles. The van der Waals surface area contributed by atoms with Gasteiger partial charge in [0.15, 0.2) is 0 Å². The second-order valence-electron chi connectivity index (χ2n) is 4.10. The van der Waals surface area contributed by atoms with Crippen LogP contribution >= 0.6 is 9.19 Å². The minimum atomic E-state index is -1.83. The average Bonchev–Trinajstić information content (AvgIpc) is 2.32. The summed E-state index contributed by atoms with van der Waals surface area (Å²) in [5.41, 5.74) is 0.296. The van der Waals surface area contributed by atoms with Gasteiger partial charge in [0.1, 0.15) is 0 Å². The second kappa shape index (κ2) is 4.06. The van der Waals surface area contributed by atoms with Gasteiger partial charge in [0.2, 0.25) is 0 Å². The minimum absolute atomic E-state index is 0.296. The molecular formula is C10H15ClTa. The molecule has 1 aliphatic rings. The number of halogens is 1. The van der Waals surface area contributed by atoms with Gasteiger partial charge in [-0.2, -0.15) is 0 Å². The number of allylic oxidation sites excluding steroid dienone is 4. The fraction of sp³-hybridized carbons (Fsp3) is 0.500. The summed E-state index contributed by atoms with van der Waals surface area (Å²) < 4.78 is 3.00. The predicted octanol–water partition coefficient (Wildman–Crippen LogP) is 3.52. The molecule has 0 bridgehead atoms. The normalized spacial score (nSPS) is 19.2. The Hall–Kier alpha value is 0.380. The molecule has 0 saturated heterocycles. The Bertz CT molecular complexity index is 231. The van der Waals surface area contributed by atoms with E-state index < -0.39 is 16.9 Å². The third kappa shape index (κ3) is 3.40. The number of hydrogen-bond acceptors (Lipinski definition) is 0. The molecule has 0 saturated carbocycles. The van der Waals surface area contributed by atoms with Crippen LogP contribution in [0.2, 0.25) is 4.14 Å². The summed E-state index contributed by atoms with van der Waals surface area (Å²) in [6.45, 7) is 6.67. The van der Waals surface area contributed by atoms with Gasteiger partial charge in [-0.15, -0.1) is 0 Å². The Labute approximate surface area is 84.7 Å². The molecule has 12 heavy (non-hydrogen) atoms. The molecule has 0 nitrogen and oxygen atoms in total. The Balaban J connectivity index is 2.70. The monoisotopic (exact) mass is 351 g/mol. The zero-order valence-corrected chi connectivity index (χ0v) is 11.8. The van der Waals surface area contributed by atoms with E-state index >= 15 is 0 Å². The summed E-state index contributed by atoms with van der Waals surface area (Å²) in [5.74, 6) is 0. The van der Waals surface area contributed by atoms with E-state index in [1.165, 1.54) is 0 Å². The summed E-state index contributed by atoms with van der Waals surface area (Å²) in [4.78, 5) is 0. The molecular weight excluding hydrogens is 337 g/mol. The Morgan fingerprint density at radius 1 is 1.25 bits per heavy atom. The molecule has 0 atom stereocenters. The van der Waals surface area contributed by atoms with Crippen molar-refractivity contribution in [1.82, 2.24) is 0 Å². The SMILES string of the molecule is CC(C)(C)[CH]=[Ta]([Cl])[CH]1C=CC=C1. The molecule has 67 valence electrons. The van der Waals surface area contributed by atoms with E-state index in [9.17, 15) is 0 Å².